The van der Waals surface area contributed by atoms with Crippen molar-refractivity contribution in [2.45, 2.75) is 20.3 Å². The Balaban J connectivity index is 2.60. The van der Waals surface area contributed by atoms with Crippen molar-refractivity contribution in [3.05, 3.63) is 11.1 Å². The molecule has 8 heavy (non-hydrogen) atoms. The molecule has 0 aromatic carbocycles. The topological polar surface area (TPSA) is 0 Å². The van der Waals surface area contributed by atoms with Crippen LogP contribution in [-0.4, -0.2) is 5.88 Å². The summed E-state index contributed by atoms with van der Waals surface area (Å²) < 4.78 is 0. The van der Waals surface area contributed by atoms with E-state index >= 15 is 0 Å². The molecule has 0 bridgehead atoms. The van der Waals surface area contributed by atoms with Crippen molar-refractivity contribution in [2.24, 2.45) is 5.92 Å². The summed E-state index contributed by atoms with van der Waals surface area (Å²) in [6.07, 6.45) is 1.27. The summed E-state index contributed by atoms with van der Waals surface area (Å²) in [5.74, 6) is 1.51. The third kappa shape index (κ3) is 0.775. The largest absolute Gasteiger partial charge is 0.122 e. The van der Waals surface area contributed by atoms with Gasteiger partial charge in [0.05, 0.1) is 0 Å². The van der Waals surface area contributed by atoms with Crippen LogP contribution in [0.15, 0.2) is 11.1 Å². The van der Waals surface area contributed by atoms with E-state index in [2.05, 4.69) is 13.8 Å². The summed E-state index contributed by atoms with van der Waals surface area (Å²) in [6.45, 7) is 4.39. The molecule has 1 atom stereocenters. The Morgan fingerprint density at radius 2 is 2.38 bits per heavy atom. The molecule has 0 heterocycles. The first-order valence-electron chi connectivity index (χ1n) is 3.00. The monoisotopic (exact) mass is 130 g/mol. The van der Waals surface area contributed by atoms with Gasteiger partial charge in [-0.25, -0.2) is 0 Å². The van der Waals surface area contributed by atoms with Crippen LogP contribution in [-0.2, 0) is 0 Å². The van der Waals surface area contributed by atoms with Crippen molar-refractivity contribution in [1.82, 2.24) is 0 Å². The van der Waals surface area contributed by atoms with Gasteiger partial charge in [-0.15, -0.1) is 11.6 Å². The van der Waals surface area contributed by atoms with Crippen LogP contribution >= 0.6 is 11.6 Å². The Hall–Kier alpha value is 0.0300. The maximum atomic E-state index is 5.64. The minimum absolute atomic E-state index is 0.743. The Labute approximate surface area is 55.5 Å². The van der Waals surface area contributed by atoms with E-state index in [1.54, 1.807) is 0 Å². The molecule has 46 valence electrons. The van der Waals surface area contributed by atoms with Crippen LogP contribution in [0.5, 0.6) is 0 Å². The molecule has 0 N–H and O–H groups in total. The molecule has 1 unspecified atom stereocenters. The molecule has 0 fully saturated rings. The van der Waals surface area contributed by atoms with Gasteiger partial charge in [0, 0.05) is 5.88 Å². The van der Waals surface area contributed by atoms with Gasteiger partial charge >= 0.3 is 0 Å². The van der Waals surface area contributed by atoms with Crippen LogP contribution < -0.4 is 0 Å². The highest BCUT2D eigenvalue weighted by Gasteiger charge is 2.20. The SMILES string of the molecule is CC1=C(CCl)C(C)C1. The first-order chi connectivity index (χ1) is 3.75. The fourth-order valence-electron chi connectivity index (χ4n) is 1.25. The minimum atomic E-state index is 0.743. The number of allylic oxidation sites excluding steroid dienone is 2. The summed E-state index contributed by atoms with van der Waals surface area (Å²) in [7, 11) is 0. The summed E-state index contributed by atoms with van der Waals surface area (Å²) in [5, 5.41) is 0. The molecule has 0 saturated heterocycles. The lowest BCUT2D eigenvalue weighted by molar-refractivity contribution is 0.586. The second-order valence-electron chi connectivity index (χ2n) is 2.54. The Morgan fingerprint density at radius 1 is 1.75 bits per heavy atom. The Morgan fingerprint density at radius 3 is 2.50 bits per heavy atom. The molecule has 1 aliphatic rings. The molecule has 0 radical (unpaired) electrons. The van der Waals surface area contributed by atoms with E-state index < -0.39 is 0 Å². The van der Waals surface area contributed by atoms with Crippen LogP contribution in [0.3, 0.4) is 0 Å². The molecule has 1 aliphatic carbocycles. The van der Waals surface area contributed by atoms with E-state index in [1.807, 2.05) is 0 Å². The van der Waals surface area contributed by atoms with Crippen molar-refractivity contribution < 1.29 is 0 Å². The van der Waals surface area contributed by atoms with Crippen molar-refractivity contribution in [2.75, 3.05) is 5.88 Å². The first kappa shape index (κ1) is 6.15. The second-order valence-corrected chi connectivity index (χ2v) is 2.81. The van der Waals surface area contributed by atoms with E-state index in [0.29, 0.717) is 0 Å². The number of hydrogen-bond acceptors (Lipinski definition) is 0. The molecule has 0 aliphatic heterocycles. The van der Waals surface area contributed by atoms with E-state index in [1.165, 1.54) is 17.6 Å². The van der Waals surface area contributed by atoms with Crippen LogP contribution in [0.2, 0.25) is 0 Å². The fraction of sp³-hybridized carbons (Fsp3) is 0.714. The molecule has 0 aromatic heterocycles. The van der Waals surface area contributed by atoms with E-state index in [0.717, 1.165) is 11.8 Å². The van der Waals surface area contributed by atoms with Gasteiger partial charge < -0.3 is 0 Å². The molecule has 1 heteroatoms. The number of alkyl halides is 1. The average Bonchev–Trinajstić information content (AvgIpc) is 1.67. The lowest BCUT2D eigenvalue weighted by Crippen LogP contribution is -2.14. The molecule has 0 nitrogen and oxygen atoms in total. The van der Waals surface area contributed by atoms with Crippen molar-refractivity contribution in [3.8, 4) is 0 Å². The van der Waals surface area contributed by atoms with E-state index in [4.69, 9.17) is 11.6 Å². The predicted octanol–water partition coefficient (Wildman–Crippen LogP) is 2.58. The first-order valence-corrected chi connectivity index (χ1v) is 3.53. The highest BCUT2D eigenvalue weighted by atomic mass is 35.5. The van der Waals surface area contributed by atoms with Gasteiger partial charge in [0.2, 0.25) is 0 Å². The zero-order valence-corrected chi connectivity index (χ0v) is 6.13. The molecular formula is C7H11Cl. The van der Waals surface area contributed by atoms with Crippen LogP contribution in [0, 0.1) is 5.92 Å². The Bertz CT molecular complexity index is 124. The standard InChI is InChI=1S/C7H11Cl/c1-5-3-6(2)7(5)4-8/h5H,3-4H2,1-2H3. The highest BCUT2D eigenvalue weighted by Crippen LogP contribution is 2.34. The van der Waals surface area contributed by atoms with Crippen LogP contribution in [0.25, 0.3) is 0 Å². The fourth-order valence-corrected chi connectivity index (χ4v) is 1.74. The van der Waals surface area contributed by atoms with Gasteiger partial charge in [0.15, 0.2) is 0 Å². The molecule has 0 spiro atoms. The second kappa shape index (κ2) is 2.10. The normalized spacial score (nSPS) is 28.1. The quantitative estimate of drug-likeness (QED) is 0.378. The van der Waals surface area contributed by atoms with E-state index in [-0.39, 0.29) is 0 Å². The number of hydrogen-bond donors (Lipinski definition) is 0. The summed E-state index contributed by atoms with van der Waals surface area (Å²) in [5.41, 5.74) is 2.97. The molecular weight excluding hydrogens is 120 g/mol. The van der Waals surface area contributed by atoms with Crippen LogP contribution in [0.1, 0.15) is 20.3 Å². The van der Waals surface area contributed by atoms with Gasteiger partial charge in [-0.3, -0.25) is 0 Å². The summed E-state index contributed by atoms with van der Waals surface area (Å²) in [4.78, 5) is 0. The molecule has 1 rings (SSSR count). The van der Waals surface area contributed by atoms with Gasteiger partial charge in [0.1, 0.15) is 0 Å². The van der Waals surface area contributed by atoms with Crippen LogP contribution in [0.4, 0.5) is 0 Å². The van der Waals surface area contributed by atoms with E-state index in [9.17, 15) is 0 Å². The average molecular weight is 131 g/mol. The third-order valence-corrected chi connectivity index (χ3v) is 2.19. The van der Waals surface area contributed by atoms with Crippen molar-refractivity contribution in [1.29, 1.82) is 0 Å². The highest BCUT2D eigenvalue weighted by molar-refractivity contribution is 6.19. The molecule has 0 amide bonds. The van der Waals surface area contributed by atoms with Gasteiger partial charge in [-0.1, -0.05) is 18.1 Å². The number of halogens is 1. The molecule has 0 aromatic rings. The van der Waals surface area contributed by atoms with Crippen molar-refractivity contribution in [3.63, 3.8) is 0 Å². The summed E-state index contributed by atoms with van der Waals surface area (Å²) in [6, 6.07) is 0. The Kier molecular flexibility index (Phi) is 1.62. The zero-order chi connectivity index (χ0) is 6.15. The minimum Gasteiger partial charge on any atom is -0.122 e. The maximum absolute atomic E-state index is 5.64. The number of rotatable bonds is 1. The lowest BCUT2D eigenvalue weighted by atomic mass is 9.81. The molecule has 0 saturated carbocycles. The van der Waals surface area contributed by atoms with Gasteiger partial charge in [-0.05, 0) is 19.3 Å². The lowest BCUT2D eigenvalue weighted by Gasteiger charge is -2.27. The van der Waals surface area contributed by atoms with Gasteiger partial charge in [-0.2, -0.15) is 0 Å². The maximum Gasteiger partial charge on any atom is 0.0438 e. The third-order valence-electron chi connectivity index (χ3n) is 1.90. The van der Waals surface area contributed by atoms with Crippen molar-refractivity contribution >= 4 is 11.6 Å². The van der Waals surface area contributed by atoms with Gasteiger partial charge in [0.25, 0.3) is 0 Å². The predicted molar refractivity (Wildman–Crippen MR) is 37.2 cm³/mol. The zero-order valence-electron chi connectivity index (χ0n) is 5.37. The smallest absolute Gasteiger partial charge is 0.0438 e. The summed E-state index contributed by atoms with van der Waals surface area (Å²) >= 11 is 5.64.